The molecule has 1 aliphatic rings. The first-order valence-electron chi connectivity index (χ1n) is 5.40. The molecule has 0 unspecified atom stereocenters. The SMILES string of the molecule is CC(C)CC[Si](F)(F)C1CCCC1. The van der Waals surface area contributed by atoms with E-state index in [-0.39, 0.29) is 11.6 Å². The fraction of sp³-hybridized carbons (Fsp3) is 1.00. The van der Waals surface area contributed by atoms with Gasteiger partial charge in [0.2, 0.25) is 0 Å². The molecule has 0 amide bonds. The molecule has 0 radical (unpaired) electrons. The van der Waals surface area contributed by atoms with E-state index in [0.717, 1.165) is 32.1 Å². The Bertz CT molecular complexity index is 151. The molecule has 1 fully saturated rings. The van der Waals surface area contributed by atoms with Gasteiger partial charge in [0.1, 0.15) is 0 Å². The van der Waals surface area contributed by atoms with Crippen LogP contribution >= 0.6 is 0 Å². The molecule has 0 aromatic rings. The van der Waals surface area contributed by atoms with Gasteiger partial charge in [-0.3, -0.25) is 8.22 Å². The van der Waals surface area contributed by atoms with E-state index in [0.29, 0.717) is 5.92 Å². The number of halogens is 2. The molecule has 1 rings (SSSR count). The first-order valence-corrected chi connectivity index (χ1v) is 7.44. The van der Waals surface area contributed by atoms with Gasteiger partial charge >= 0.3 is 8.74 Å². The molecule has 1 aliphatic carbocycles. The molecule has 1 saturated carbocycles. The van der Waals surface area contributed by atoms with Gasteiger partial charge in [0.05, 0.1) is 0 Å². The van der Waals surface area contributed by atoms with Crippen molar-refractivity contribution in [2.24, 2.45) is 5.92 Å². The minimum Gasteiger partial charge on any atom is -0.270 e. The van der Waals surface area contributed by atoms with Crippen molar-refractivity contribution in [3.63, 3.8) is 0 Å². The Morgan fingerprint density at radius 1 is 1.23 bits per heavy atom. The summed E-state index contributed by atoms with van der Waals surface area (Å²) in [4.78, 5) is 0. The van der Waals surface area contributed by atoms with Gasteiger partial charge in [-0.2, -0.15) is 0 Å². The second kappa shape index (κ2) is 4.53. The van der Waals surface area contributed by atoms with Crippen molar-refractivity contribution in [2.45, 2.75) is 57.5 Å². The molecular weight excluding hydrogens is 186 g/mol. The molecular formula is C10H20F2Si. The first kappa shape index (κ1) is 11.2. The Labute approximate surface area is 81.1 Å². The normalized spacial score (nSPS) is 20.1. The summed E-state index contributed by atoms with van der Waals surface area (Å²) < 4.78 is 27.3. The standard InChI is InChI=1S/C10H20F2Si/c1-9(2)7-8-13(11,12)10-5-3-4-6-10/h9-10H,3-8H2,1-2H3. The molecule has 0 atom stereocenters. The maximum absolute atomic E-state index is 13.6. The van der Waals surface area contributed by atoms with Crippen LogP contribution in [0.3, 0.4) is 0 Å². The molecule has 0 heterocycles. The summed E-state index contributed by atoms with van der Waals surface area (Å²) in [6, 6.07) is 0.231. The van der Waals surface area contributed by atoms with Gasteiger partial charge in [0.25, 0.3) is 0 Å². The van der Waals surface area contributed by atoms with Crippen molar-refractivity contribution in [3.05, 3.63) is 0 Å². The van der Waals surface area contributed by atoms with Crippen LogP contribution in [0.15, 0.2) is 0 Å². The smallest absolute Gasteiger partial charge is 0.270 e. The molecule has 0 aromatic carbocycles. The van der Waals surface area contributed by atoms with E-state index in [9.17, 15) is 8.22 Å². The van der Waals surface area contributed by atoms with Crippen LogP contribution in [-0.2, 0) is 0 Å². The summed E-state index contributed by atoms with van der Waals surface area (Å²) in [6.45, 7) is 4.05. The van der Waals surface area contributed by atoms with Crippen molar-refractivity contribution in [1.29, 1.82) is 0 Å². The third-order valence-corrected chi connectivity index (χ3v) is 5.73. The van der Waals surface area contributed by atoms with Gasteiger partial charge in [-0.05, 0) is 31.2 Å². The van der Waals surface area contributed by atoms with Crippen LogP contribution in [0.5, 0.6) is 0 Å². The zero-order valence-electron chi connectivity index (χ0n) is 8.65. The van der Waals surface area contributed by atoms with E-state index in [1.54, 1.807) is 0 Å². The Balaban J connectivity index is 2.35. The van der Waals surface area contributed by atoms with Crippen molar-refractivity contribution in [3.8, 4) is 0 Å². The summed E-state index contributed by atoms with van der Waals surface area (Å²) in [6.07, 6.45) is 4.40. The second-order valence-corrected chi connectivity index (χ2v) is 7.51. The predicted molar refractivity (Wildman–Crippen MR) is 54.5 cm³/mol. The molecule has 0 N–H and O–H groups in total. The number of hydrogen-bond donors (Lipinski definition) is 0. The zero-order chi connectivity index (χ0) is 9.90. The molecule has 0 aliphatic heterocycles. The maximum Gasteiger partial charge on any atom is 0.427 e. The Hall–Kier alpha value is 0.0769. The number of rotatable bonds is 4. The van der Waals surface area contributed by atoms with E-state index in [1.165, 1.54) is 0 Å². The van der Waals surface area contributed by atoms with Gasteiger partial charge in [-0.25, -0.2) is 0 Å². The van der Waals surface area contributed by atoms with Gasteiger partial charge in [-0.15, -0.1) is 0 Å². The molecule has 0 bridgehead atoms. The lowest BCUT2D eigenvalue weighted by Crippen LogP contribution is -2.28. The van der Waals surface area contributed by atoms with Gasteiger partial charge in [0, 0.05) is 5.54 Å². The third-order valence-electron chi connectivity index (χ3n) is 3.01. The molecule has 0 saturated heterocycles. The number of hydrogen-bond acceptors (Lipinski definition) is 0. The zero-order valence-corrected chi connectivity index (χ0v) is 9.65. The summed E-state index contributed by atoms with van der Waals surface area (Å²) in [5.41, 5.74) is -0.175. The van der Waals surface area contributed by atoms with Crippen LogP contribution in [0, 0.1) is 5.92 Å². The average Bonchev–Trinajstić information content (AvgIpc) is 2.53. The molecule has 13 heavy (non-hydrogen) atoms. The molecule has 78 valence electrons. The lowest BCUT2D eigenvalue weighted by Gasteiger charge is -2.20. The second-order valence-electron chi connectivity index (χ2n) is 4.67. The van der Waals surface area contributed by atoms with Crippen LogP contribution in [0.1, 0.15) is 46.0 Å². The Morgan fingerprint density at radius 2 is 1.77 bits per heavy atom. The molecule has 0 nitrogen and oxygen atoms in total. The highest BCUT2D eigenvalue weighted by atomic mass is 28.4. The van der Waals surface area contributed by atoms with Crippen LogP contribution in [0.2, 0.25) is 11.6 Å². The lowest BCUT2D eigenvalue weighted by molar-refractivity contribution is 0.507. The monoisotopic (exact) mass is 206 g/mol. The summed E-state index contributed by atoms with van der Waals surface area (Å²) >= 11 is 0. The highest BCUT2D eigenvalue weighted by Gasteiger charge is 2.45. The van der Waals surface area contributed by atoms with Gasteiger partial charge < -0.3 is 0 Å². The van der Waals surface area contributed by atoms with E-state index in [1.807, 2.05) is 13.8 Å². The van der Waals surface area contributed by atoms with Crippen molar-refractivity contribution in [1.82, 2.24) is 0 Å². The Morgan fingerprint density at radius 3 is 2.23 bits per heavy atom. The van der Waals surface area contributed by atoms with Gasteiger partial charge in [-0.1, -0.05) is 26.7 Å². The van der Waals surface area contributed by atoms with Crippen LogP contribution in [0.4, 0.5) is 8.22 Å². The van der Waals surface area contributed by atoms with E-state index >= 15 is 0 Å². The fourth-order valence-electron chi connectivity index (χ4n) is 2.03. The van der Waals surface area contributed by atoms with E-state index < -0.39 is 8.74 Å². The van der Waals surface area contributed by atoms with Crippen molar-refractivity contribution in [2.75, 3.05) is 0 Å². The van der Waals surface area contributed by atoms with Crippen LogP contribution in [-0.4, -0.2) is 8.74 Å². The summed E-state index contributed by atoms with van der Waals surface area (Å²) in [7, 11) is -3.83. The first-order chi connectivity index (χ1) is 6.02. The minimum absolute atomic E-state index is 0.175. The lowest BCUT2D eigenvalue weighted by atomic mass is 10.2. The summed E-state index contributed by atoms with van der Waals surface area (Å²) in [5, 5.41) is 0. The average molecular weight is 206 g/mol. The van der Waals surface area contributed by atoms with E-state index in [2.05, 4.69) is 0 Å². The fourth-order valence-corrected chi connectivity index (χ4v) is 4.66. The molecule has 3 heteroatoms. The van der Waals surface area contributed by atoms with Crippen molar-refractivity contribution < 1.29 is 8.22 Å². The third kappa shape index (κ3) is 3.37. The minimum atomic E-state index is -3.83. The molecule has 0 aromatic heterocycles. The van der Waals surface area contributed by atoms with Crippen LogP contribution < -0.4 is 0 Å². The van der Waals surface area contributed by atoms with Crippen LogP contribution in [0.25, 0.3) is 0 Å². The van der Waals surface area contributed by atoms with E-state index in [4.69, 9.17) is 0 Å². The summed E-state index contributed by atoms with van der Waals surface area (Å²) in [5.74, 6) is 0.430. The molecule has 0 spiro atoms. The quantitative estimate of drug-likeness (QED) is 0.473. The predicted octanol–water partition coefficient (Wildman–Crippen LogP) is 4.36. The largest absolute Gasteiger partial charge is 0.427 e. The topological polar surface area (TPSA) is 0 Å². The highest BCUT2D eigenvalue weighted by Crippen LogP contribution is 2.42. The highest BCUT2D eigenvalue weighted by molar-refractivity contribution is 6.67. The van der Waals surface area contributed by atoms with Crippen molar-refractivity contribution >= 4 is 8.74 Å². The van der Waals surface area contributed by atoms with Gasteiger partial charge in [0.15, 0.2) is 0 Å². The maximum atomic E-state index is 13.6. The Kier molecular flexibility index (Phi) is 3.89.